The lowest BCUT2D eigenvalue weighted by Gasteiger charge is -2.16. The molecule has 1 unspecified atom stereocenters. The van der Waals surface area contributed by atoms with Gasteiger partial charge in [-0.3, -0.25) is 4.79 Å². The van der Waals surface area contributed by atoms with E-state index in [0.717, 1.165) is 12.3 Å². The summed E-state index contributed by atoms with van der Waals surface area (Å²) in [5.41, 5.74) is 4.96. The van der Waals surface area contributed by atoms with Gasteiger partial charge in [-0.2, -0.15) is 13.2 Å². The summed E-state index contributed by atoms with van der Waals surface area (Å²) in [6.07, 6.45) is -3.22. The molecule has 1 saturated heterocycles. The number of rotatable bonds is 1. The molecule has 2 rings (SSSR count). The molecule has 0 bridgehead atoms. The standard InChI is InChI=1S/C10H10F3N3O/c11-10(12,13)8-2-1-7(4-15-8)16-5-6(14)3-9(16)17/h1-2,4,6H,3,5,14H2. The highest BCUT2D eigenvalue weighted by molar-refractivity contribution is 5.96. The number of hydrogen-bond donors (Lipinski definition) is 1. The van der Waals surface area contributed by atoms with Gasteiger partial charge in [-0.15, -0.1) is 0 Å². The summed E-state index contributed by atoms with van der Waals surface area (Å²) in [6.45, 7) is 0.311. The van der Waals surface area contributed by atoms with Gasteiger partial charge < -0.3 is 10.6 Å². The van der Waals surface area contributed by atoms with E-state index in [1.54, 1.807) is 0 Å². The molecular weight excluding hydrogens is 235 g/mol. The second kappa shape index (κ2) is 3.99. The minimum atomic E-state index is -4.47. The highest BCUT2D eigenvalue weighted by atomic mass is 19.4. The molecule has 1 amide bonds. The zero-order chi connectivity index (χ0) is 12.6. The third-order valence-electron chi connectivity index (χ3n) is 2.50. The van der Waals surface area contributed by atoms with Crippen LogP contribution in [0.1, 0.15) is 12.1 Å². The lowest BCUT2D eigenvalue weighted by Crippen LogP contribution is -2.28. The van der Waals surface area contributed by atoms with E-state index < -0.39 is 11.9 Å². The van der Waals surface area contributed by atoms with E-state index >= 15 is 0 Å². The quantitative estimate of drug-likeness (QED) is 0.807. The molecular formula is C10H10F3N3O. The van der Waals surface area contributed by atoms with E-state index in [9.17, 15) is 18.0 Å². The highest BCUT2D eigenvalue weighted by Crippen LogP contribution is 2.29. The lowest BCUT2D eigenvalue weighted by molar-refractivity contribution is -0.141. The molecule has 17 heavy (non-hydrogen) atoms. The molecule has 0 aromatic carbocycles. The number of aromatic nitrogens is 1. The van der Waals surface area contributed by atoms with E-state index in [0.29, 0.717) is 12.2 Å². The fourth-order valence-electron chi connectivity index (χ4n) is 1.70. The number of amides is 1. The Labute approximate surface area is 95.2 Å². The van der Waals surface area contributed by atoms with Crippen LogP contribution >= 0.6 is 0 Å². The molecule has 92 valence electrons. The van der Waals surface area contributed by atoms with E-state index in [2.05, 4.69) is 4.98 Å². The minimum Gasteiger partial charge on any atom is -0.326 e. The van der Waals surface area contributed by atoms with Crippen LogP contribution in [0.2, 0.25) is 0 Å². The molecule has 2 N–H and O–H groups in total. The molecule has 1 atom stereocenters. The molecule has 1 aliphatic rings. The summed E-state index contributed by atoms with van der Waals surface area (Å²) in [5.74, 6) is -0.195. The van der Waals surface area contributed by atoms with E-state index in [1.807, 2.05) is 0 Å². The van der Waals surface area contributed by atoms with E-state index in [1.165, 1.54) is 11.0 Å². The molecule has 7 heteroatoms. The SMILES string of the molecule is NC1CC(=O)N(c2ccc(C(F)(F)F)nc2)C1. The Hall–Kier alpha value is -1.63. The number of halogens is 3. The first-order valence-corrected chi connectivity index (χ1v) is 4.97. The number of hydrogen-bond acceptors (Lipinski definition) is 3. The molecule has 1 fully saturated rings. The first-order chi connectivity index (χ1) is 7.88. The number of carbonyl (C=O) groups excluding carboxylic acids is 1. The second-order valence-corrected chi connectivity index (χ2v) is 3.87. The Balaban J connectivity index is 2.22. The predicted molar refractivity (Wildman–Crippen MR) is 54.2 cm³/mol. The third kappa shape index (κ3) is 2.38. The largest absolute Gasteiger partial charge is 0.433 e. The van der Waals surface area contributed by atoms with Crippen LogP contribution in [0.25, 0.3) is 0 Å². The van der Waals surface area contributed by atoms with Crippen molar-refractivity contribution in [3.8, 4) is 0 Å². The number of pyridine rings is 1. The average Bonchev–Trinajstić information content (AvgIpc) is 2.57. The van der Waals surface area contributed by atoms with Crippen molar-refractivity contribution >= 4 is 11.6 Å². The Bertz CT molecular complexity index is 429. The van der Waals surface area contributed by atoms with Gasteiger partial charge in [-0.25, -0.2) is 4.98 Å². The Morgan fingerprint density at radius 2 is 2.12 bits per heavy atom. The smallest absolute Gasteiger partial charge is 0.326 e. The average molecular weight is 245 g/mol. The van der Waals surface area contributed by atoms with Crippen molar-refractivity contribution < 1.29 is 18.0 Å². The lowest BCUT2D eigenvalue weighted by atomic mass is 10.3. The van der Waals surface area contributed by atoms with Crippen LogP contribution in [0.3, 0.4) is 0 Å². The summed E-state index contributed by atoms with van der Waals surface area (Å²) in [5, 5.41) is 0. The monoisotopic (exact) mass is 245 g/mol. The van der Waals surface area contributed by atoms with Crippen molar-refractivity contribution in [2.75, 3.05) is 11.4 Å². The van der Waals surface area contributed by atoms with Crippen molar-refractivity contribution in [1.29, 1.82) is 0 Å². The summed E-state index contributed by atoms with van der Waals surface area (Å²) in [4.78, 5) is 16.1. The molecule has 0 radical (unpaired) electrons. The molecule has 0 aliphatic carbocycles. The number of carbonyl (C=O) groups is 1. The second-order valence-electron chi connectivity index (χ2n) is 3.87. The van der Waals surface area contributed by atoms with Crippen molar-refractivity contribution in [2.24, 2.45) is 5.73 Å². The summed E-state index contributed by atoms with van der Waals surface area (Å²) in [6, 6.07) is 1.81. The predicted octanol–water partition coefficient (Wildman–Crippen LogP) is 1.16. The Morgan fingerprint density at radius 3 is 2.53 bits per heavy atom. The molecule has 1 aromatic rings. The van der Waals surface area contributed by atoms with Gasteiger partial charge in [0.25, 0.3) is 0 Å². The highest BCUT2D eigenvalue weighted by Gasteiger charge is 2.33. The maximum Gasteiger partial charge on any atom is 0.433 e. The van der Waals surface area contributed by atoms with Crippen molar-refractivity contribution in [2.45, 2.75) is 18.6 Å². The zero-order valence-corrected chi connectivity index (χ0v) is 8.74. The van der Waals surface area contributed by atoms with Crippen LogP contribution in [-0.4, -0.2) is 23.5 Å². The van der Waals surface area contributed by atoms with Crippen molar-refractivity contribution in [1.82, 2.24) is 4.98 Å². The molecule has 0 spiro atoms. The Morgan fingerprint density at radius 1 is 1.41 bits per heavy atom. The van der Waals surface area contributed by atoms with Gasteiger partial charge in [-0.1, -0.05) is 0 Å². The van der Waals surface area contributed by atoms with E-state index in [4.69, 9.17) is 5.73 Å². The van der Waals surface area contributed by atoms with Gasteiger partial charge in [0.15, 0.2) is 0 Å². The first kappa shape index (κ1) is 11.8. The van der Waals surface area contributed by atoms with Gasteiger partial charge >= 0.3 is 6.18 Å². The maximum atomic E-state index is 12.3. The van der Waals surface area contributed by atoms with Crippen LogP contribution in [0, 0.1) is 0 Å². The van der Waals surface area contributed by atoms with Crippen LogP contribution in [0.5, 0.6) is 0 Å². The van der Waals surface area contributed by atoms with Crippen LogP contribution in [0.15, 0.2) is 18.3 Å². The molecule has 0 saturated carbocycles. The fraction of sp³-hybridized carbons (Fsp3) is 0.400. The number of nitrogens with two attached hydrogens (primary N) is 1. The zero-order valence-electron chi connectivity index (χ0n) is 8.74. The van der Waals surface area contributed by atoms with E-state index in [-0.39, 0.29) is 18.4 Å². The third-order valence-corrected chi connectivity index (χ3v) is 2.50. The molecule has 2 heterocycles. The molecule has 1 aromatic heterocycles. The maximum absolute atomic E-state index is 12.3. The molecule has 4 nitrogen and oxygen atoms in total. The van der Waals surface area contributed by atoms with Gasteiger partial charge in [0.1, 0.15) is 5.69 Å². The number of anilines is 1. The van der Waals surface area contributed by atoms with Gasteiger partial charge in [-0.05, 0) is 12.1 Å². The van der Waals surface area contributed by atoms with Crippen molar-refractivity contribution in [3.05, 3.63) is 24.0 Å². The first-order valence-electron chi connectivity index (χ1n) is 4.97. The van der Waals surface area contributed by atoms with Crippen LogP contribution in [-0.2, 0) is 11.0 Å². The molecule has 1 aliphatic heterocycles. The van der Waals surface area contributed by atoms with Gasteiger partial charge in [0, 0.05) is 19.0 Å². The fourth-order valence-corrected chi connectivity index (χ4v) is 1.70. The van der Waals surface area contributed by atoms with Crippen LogP contribution < -0.4 is 10.6 Å². The number of nitrogens with zero attached hydrogens (tertiary/aromatic N) is 2. The Kier molecular flexibility index (Phi) is 2.78. The van der Waals surface area contributed by atoms with Crippen molar-refractivity contribution in [3.63, 3.8) is 0 Å². The van der Waals surface area contributed by atoms with Crippen LogP contribution in [0.4, 0.5) is 18.9 Å². The topological polar surface area (TPSA) is 59.2 Å². The summed E-state index contributed by atoms with van der Waals surface area (Å²) in [7, 11) is 0. The van der Waals surface area contributed by atoms with Gasteiger partial charge in [0.2, 0.25) is 5.91 Å². The minimum absolute atomic E-state index is 0.195. The number of alkyl halides is 3. The summed E-state index contributed by atoms with van der Waals surface area (Å²) >= 11 is 0. The summed E-state index contributed by atoms with van der Waals surface area (Å²) < 4.78 is 36.8. The normalized spacial score (nSPS) is 21.1. The van der Waals surface area contributed by atoms with Gasteiger partial charge in [0.05, 0.1) is 11.9 Å².